The second-order valence-corrected chi connectivity index (χ2v) is 6.73. The first-order valence-corrected chi connectivity index (χ1v) is 7.83. The number of nitrogen functional groups attached to an aromatic ring is 1. The van der Waals surface area contributed by atoms with Crippen molar-refractivity contribution in [2.75, 3.05) is 5.73 Å². The number of anilines is 1. The molecule has 0 atom stereocenters. The van der Waals surface area contributed by atoms with Crippen LogP contribution in [0.4, 0.5) is 10.1 Å². The van der Waals surface area contributed by atoms with E-state index in [0.717, 1.165) is 6.07 Å². The Morgan fingerprint density at radius 2 is 1.95 bits per heavy atom. The number of nitrogens with zero attached hydrogens (tertiary/aromatic N) is 1. The van der Waals surface area contributed by atoms with Gasteiger partial charge in [-0.3, -0.25) is 0 Å². The molecule has 4 nitrogen and oxygen atoms in total. The van der Waals surface area contributed by atoms with Gasteiger partial charge in [-0.05, 0) is 30.3 Å². The van der Waals surface area contributed by atoms with E-state index in [2.05, 4.69) is 0 Å². The van der Waals surface area contributed by atoms with Gasteiger partial charge in [0.2, 0.25) is 0 Å². The molecule has 21 heavy (non-hydrogen) atoms. The number of sulfone groups is 1. The molecule has 0 fully saturated rings. The summed E-state index contributed by atoms with van der Waals surface area (Å²) in [4.78, 5) is -0.109. The Morgan fingerprint density at radius 3 is 2.52 bits per heavy atom. The average molecular weight is 325 g/mol. The van der Waals surface area contributed by atoms with E-state index in [1.54, 1.807) is 6.07 Å². The van der Waals surface area contributed by atoms with Crippen molar-refractivity contribution in [3.63, 3.8) is 0 Å². The molecular weight excluding hydrogens is 315 g/mol. The lowest BCUT2D eigenvalue weighted by Crippen LogP contribution is -2.07. The van der Waals surface area contributed by atoms with E-state index < -0.39 is 21.4 Å². The normalized spacial score (nSPS) is 11.1. The maximum Gasteiger partial charge on any atom is 0.184 e. The topological polar surface area (TPSA) is 84.0 Å². The van der Waals surface area contributed by atoms with Crippen molar-refractivity contribution in [2.24, 2.45) is 0 Å². The highest BCUT2D eigenvalue weighted by Gasteiger charge is 2.20. The summed E-state index contributed by atoms with van der Waals surface area (Å²) in [7, 11) is -3.81. The molecule has 0 radical (unpaired) electrons. The van der Waals surface area contributed by atoms with Crippen molar-refractivity contribution in [3.05, 3.63) is 58.4 Å². The third-order valence-electron chi connectivity index (χ3n) is 2.82. The van der Waals surface area contributed by atoms with Crippen LogP contribution < -0.4 is 5.73 Å². The zero-order chi connectivity index (χ0) is 15.6. The zero-order valence-electron chi connectivity index (χ0n) is 10.7. The summed E-state index contributed by atoms with van der Waals surface area (Å²) >= 11 is 5.87. The number of hydrogen-bond donors (Lipinski definition) is 1. The van der Waals surface area contributed by atoms with E-state index in [1.807, 2.05) is 0 Å². The Kier molecular flexibility index (Phi) is 4.16. The number of nitrogens with two attached hydrogens (primary N) is 1. The van der Waals surface area contributed by atoms with E-state index in [9.17, 15) is 12.8 Å². The van der Waals surface area contributed by atoms with Crippen LogP contribution in [0.2, 0.25) is 5.02 Å². The summed E-state index contributed by atoms with van der Waals surface area (Å²) < 4.78 is 38.3. The van der Waals surface area contributed by atoms with Crippen LogP contribution in [0.25, 0.3) is 0 Å². The second kappa shape index (κ2) is 5.72. The largest absolute Gasteiger partial charge is 0.399 e. The molecule has 108 valence electrons. The van der Waals surface area contributed by atoms with Gasteiger partial charge in [-0.25, -0.2) is 12.8 Å². The first-order chi connectivity index (χ1) is 9.83. The smallest absolute Gasteiger partial charge is 0.184 e. The summed E-state index contributed by atoms with van der Waals surface area (Å²) in [6, 6.07) is 9.43. The lowest BCUT2D eigenvalue weighted by Gasteiger charge is -2.08. The third-order valence-corrected chi connectivity index (χ3v) is 4.96. The molecule has 0 bridgehead atoms. The van der Waals surface area contributed by atoms with Crippen molar-refractivity contribution in [3.8, 4) is 6.07 Å². The molecule has 0 unspecified atom stereocenters. The predicted molar refractivity (Wildman–Crippen MR) is 77.9 cm³/mol. The minimum Gasteiger partial charge on any atom is -0.399 e. The van der Waals surface area contributed by atoms with Crippen LogP contribution in [0.3, 0.4) is 0 Å². The van der Waals surface area contributed by atoms with Gasteiger partial charge in [0.25, 0.3) is 0 Å². The summed E-state index contributed by atoms with van der Waals surface area (Å²) in [6.45, 7) is 0. The maximum atomic E-state index is 13.8. The summed E-state index contributed by atoms with van der Waals surface area (Å²) in [6.07, 6.45) is 0. The van der Waals surface area contributed by atoms with Crippen LogP contribution >= 0.6 is 11.6 Å². The zero-order valence-corrected chi connectivity index (χ0v) is 12.2. The lowest BCUT2D eigenvalue weighted by atomic mass is 10.1. The Bertz CT molecular complexity index is 845. The van der Waals surface area contributed by atoms with Crippen LogP contribution in [0, 0.1) is 17.1 Å². The molecule has 0 saturated heterocycles. The van der Waals surface area contributed by atoms with Crippen molar-refractivity contribution >= 4 is 27.1 Å². The number of halogens is 2. The first-order valence-electron chi connectivity index (χ1n) is 5.80. The molecule has 0 amide bonds. The summed E-state index contributed by atoms with van der Waals surface area (Å²) in [5.74, 6) is -1.29. The van der Waals surface area contributed by atoms with Gasteiger partial charge in [0.15, 0.2) is 9.84 Å². The monoisotopic (exact) mass is 324 g/mol. The fourth-order valence-electron chi connectivity index (χ4n) is 1.79. The minimum atomic E-state index is -3.81. The molecule has 2 N–H and O–H groups in total. The third kappa shape index (κ3) is 3.32. The molecule has 0 aliphatic rings. The summed E-state index contributed by atoms with van der Waals surface area (Å²) in [5.41, 5.74) is 5.94. The fourth-order valence-corrected chi connectivity index (χ4v) is 3.76. The van der Waals surface area contributed by atoms with Crippen LogP contribution in [-0.2, 0) is 15.6 Å². The molecule has 7 heteroatoms. The number of nitriles is 1. The Hall–Kier alpha value is -2.10. The van der Waals surface area contributed by atoms with Crippen LogP contribution in [0.5, 0.6) is 0 Å². The average Bonchev–Trinajstić information content (AvgIpc) is 2.40. The minimum absolute atomic E-state index is 0.0101. The first kappa shape index (κ1) is 15.3. The van der Waals surface area contributed by atoms with E-state index in [1.165, 1.54) is 30.3 Å². The number of rotatable bonds is 3. The number of benzene rings is 2. The van der Waals surface area contributed by atoms with Gasteiger partial charge in [-0.2, -0.15) is 5.26 Å². The molecule has 0 spiro atoms. The molecule has 0 aromatic heterocycles. The fraction of sp³-hybridized carbons (Fsp3) is 0.0714. The van der Waals surface area contributed by atoms with E-state index in [0.29, 0.717) is 5.69 Å². The predicted octanol–water partition coefficient (Wildman–Crippen LogP) is 2.91. The van der Waals surface area contributed by atoms with E-state index in [4.69, 9.17) is 22.6 Å². The second-order valence-electron chi connectivity index (χ2n) is 4.37. The van der Waals surface area contributed by atoms with Gasteiger partial charge < -0.3 is 5.73 Å². The van der Waals surface area contributed by atoms with E-state index in [-0.39, 0.29) is 21.0 Å². The van der Waals surface area contributed by atoms with E-state index >= 15 is 0 Å². The van der Waals surface area contributed by atoms with Crippen LogP contribution in [0.15, 0.2) is 41.3 Å². The van der Waals surface area contributed by atoms with Crippen molar-refractivity contribution in [1.29, 1.82) is 5.26 Å². The Balaban J connectivity index is 2.40. The van der Waals surface area contributed by atoms with Gasteiger partial charge in [0.05, 0.1) is 27.3 Å². The SMILES string of the molecule is N#Cc1ccc(CS(=O)(=O)c2ccc(N)cc2Cl)c(F)c1. The van der Waals surface area contributed by atoms with Crippen molar-refractivity contribution < 1.29 is 12.8 Å². The maximum absolute atomic E-state index is 13.8. The van der Waals surface area contributed by atoms with Crippen LogP contribution in [0.1, 0.15) is 11.1 Å². The number of hydrogen-bond acceptors (Lipinski definition) is 4. The highest BCUT2D eigenvalue weighted by molar-refractivity contribution is 7.90. The van der Waals surface area contributed by atoms with Gasteiger partial charge in [-0.15, -0.1) is 0 Å². The van der Waals surface area contributed by atoms with Gasteiger partial charge in [0, 0.05) is 11.3 Å². The highest BCUT2D eigenvalue weighted by atomic mass is 35.5. The van der Waals surface area contributed by atoms with Gasteiger partial charge in [0.1, 0.15) is 5.82 Å². The molecule has 2 aromatic rings. The van der Waals surface area contributed by atoms with Crippen LogP contribution in [-0.4, -0.2) is 8.42 Å². The summed E-state index contributed by atoms with van der Waals surface area (Å²) in [5, 5.41) is 8.65. The highest BCUT2D eigenvalue weighted by Crippen LogP contribution is 2.27. The molecule has 0 aliphatic heterocycles. The molecule has 0 saturated carbocycles. The Labute approximate surface area is 126 Å². The molecule has 2 rings (SSSR count). The Morgan fingerprint density at radius 1 is 1.24 bits per heavy atom. The molecule has 0 heterocycles. The standard InChI is InChI=1S/C14H10ClFN2O2S/c15-12-6-11(18)3-4-14(12)21(19,20)8-10-2-1-9(7-17)5-13(10)16/h1-6H,8,18H2. The lowest BCUT2D eigenvalue weighted by molar-refractivity contribution is 0.587. The molecule has 2 aromatic carbocycles. The molecule has 0 aliphatic carbocycles. The molecular formula is C14H10ClFN2O2S. The van der Waals surface area contributed by atoms with Crippen molar-refractivity contribution in [1.82, 2.24) is 0 Å². The van der Waals surface area contributed by atoms with Gasteiger partial charge >= 0.3 is 0 Å². The van der Waals surface area contributed by atoms with Gasteiger partial charge in [-0.1, -0.05) is 17.7 Å². The van der Waals surface area contributed by atoms with Crippen molar-refractivity contribution in [2.45, 2.75) is 10.6 Å². The quantitative estimate of drug-likeness (QED) is 0.880.